The summed E-state index contributed by atoms with van der Waals surface area (Å²) in [5.74, 6) is -0.196. The molecule has 2 saturated heterocycles. The lowest BCUT2D eigenvalue weighted by Gasteiger charge is -2.19. The molecule has 0 radical (unpaired) electrons. The van der Waals surface area contributed by atoms with Crippen molar-refractivity contribution in [2.75, 3.05) is 18.0 Å². The molecule has 0 spiro atoms. The maximum absolute atomic E-state index is 12.5. The van der Waals surface area contributed by atoms with Crippen LogP contribution >= 0.6 is 35.0 Å². The van der Waals surface area contributed by atoms with Crippen molar-refractivity contribution in [3.8, 4) is 0 Å². The first kappa shape index (κ1) is 20.4. The van der Waals surface area contributed by atoms with E-state index in [0.717, 1.165) is 29.6 Å². The number of carbonyl (C=O) groups is 1. The van der Waals surface area contributed by atoms with Crippen LogP contribution in [0.3, 0.4) is 0 Å². The van der Waals surface area contributed by atoms with Crippen LogP contribution < -0.4 is 10.2 Å². The Labute approximate surface area is 194 Å². The molecule has 2 aromatic carbocycles. The second-order valence-corrected chi connectivity index (χ2v) is 9.20. The minimum atomic E-state index is -0.196. The Kier molecular flexibility index (Phi) is 5.61. The Morgan fingerprint density at radius 3 is 2.65 bits per heavy atom. The molecule has 2 aliphatic heterocycles. The molecule has 31 heavy (non-hydrogen) atoms. The van der Waals surface area contributed by atoms with E-state index in [2.05, 4.69) is 32.3 Å². The third-order valence-electron chi connectivity index (χ3n) is 5.29. The average molecular weight is 469 g/mol. The van der Waals surface area contributed by atoms with Crippen molar-refractivity contribution in [2.45, 2.75) is 12.8 Å². The van der Waals surface area contributed by atoms with E-state index >= 15 is 0 Å². The zero-order valence-electron chi connectivity index (χ0n) is 16.4. The number of rotatable bonds is 3. The van der Waals surface area contributed by atoms with Crippen molar-refractivity contribution < 1.29 is 4.79 Å². The summed E-state index contributed by atoms with van der Waals surface area (Å²) in [6.07, 6.45) is 6.15. The van der Waals surface area contributed by atoms with Crippen LogP contribution in [0.25, 0.3) is 17.0 Å². The number of hydrogen-bond donors (Lipinski definition) is 1. The minimum Gasteiger partial charge on any atom is -0.371 e. The molecule has 2 fully saturated rings. The van der Waals surface area contributed by atoms with E-state index in [1.54, 1.807) is 18.2 Å². The van der Waals surface area contributed by atoms with Gasteiger partial charge in [-0.3, -0.25) is 9.78 Å². The molecule has 3 heterocycles. The molecule has 0 unspecified atom stereocenters. The first-order chi connectivity index (χ1) is 15.1. The molecule has 2 aliphatic rings. The fourth-order valence-corrected chi connectivity index (χ4v) is 5.11. The second-order valence-electron chi connectivity index (χ2n) is 7.35. The van der Waals surface area contributed by atoms with Crippen molar-refractivity contribution >= 4 is 74.4 Å². The molecule has 1 aromatic heterocycles. The Hall–Kier alpha value is -2.54. The number of aliphatic imine (C=N–C) groups is 1. The number of benzene rings is 2. The number of nitrogens with zero attached hydrogens (tertiary/aromatic N) is 3. The van der Waals surface area contributed by atoms with Gasteiger partial charge in [0.25, 0.3) is 5.91 Å². The number of aromatic nitrogens is 1. The number of pyridine rings is 1. The topological polar surface area (TPSA) is 57.6 Å². The highest BCUT2D eigenvalue weighted by molar-refractivity contribution is 8.18. The van der Waals surface area contributed by atoms with Crippen molar-refractivity contribution in [3.63, 3.8) is 0 Å². The van der Waals surface area contributed by atoms with Gasteiger partial charge in [-0.1, -0.05) is 35.3 Å². The summed E-state index contributed by atoms with van der Waals surface area (Å²) < 4.78 is 0. The number of halogens is 2. The lowest BCUT2D eigenvalue weighted by molar-refractivity contribution is -0.115. The molecule has 1 amide bonds. The van der Waals surface area contributed by atoms with Crippen LogP contribution in [0, 0.1) is 0 Å². The molecule has 0 bridgehead atoms. The van der Waals surface area contributed by atoms with Gasteiger partial charge in [-0.15, -0.1) is 0 Å². The quantitative estimate of drug-likeness (QED) is 0.476. The van der Waals surface area contributed by atoms with Gasteiger partial charge in [0.2, 0.25) is 0 Å². The van der Waals surface area contributed by atoms with Crippen LogP contribution in [0.1, 0.15) is 18.4 Å². The fourth-order valence-electron chi connectivity index (χ4n) is 3.80. The number of nitrogens with one attached hydrogen (secondary N) is 1. The van der Waals surface area contributed by atoms with E-state index in [9.17, 15) is 4.79 Å². The molecule has 0 atom stereocenters. The molecule has 0 saturated carbocycles. The summed E-state index contributed by atoms with van der Waals surface area (Å²) in [6, 6.07) is 13.3. The molecule has 156 valence electrons. The normalized spacial score (nSPS) is 19.0. The van der Waals surface area contributed by atoms with Crippen molar-refractivity contribution in [1.29, 1.82) is 0 Å². The van der Waals surface area contributed by atoms with Crippen LogP contribution in [0.15, 0.2) is 58.6 Å². The summed E-state index contributed by atoms with van der Waals surface area (Å²) in [4.78, 5) is 24.4. The van der Waals surface area contributed by atoms with Gasteiger partial charge in [0, 0.05) is 30.4 Å². The first-order valence-corrected chi connectivity index (χ1v) is 11.5. The highest BCUT2D eigenvalue weighted by Crippen LogP contribution is 2.36. The standard InChI is InChI=1S/C23H18Cl2N4OS/c24-16-4-3-5-17(25)21(16)27-23-28-22(30)20(31-23)13-14-6-7-18-15(12-14)19(8-9-26-18)29-10-1-2-11-29/h3-9,12-13H,1-2,10-11H2,(H,27,28,30)/b20-13-. The SMILES string of the molecule is O=C1NC(=Nc2c(Cl)cccc2Cl)S/C1=C\c1ccc2nccc(N3CCCC3)c2c1. The highest BCUT2D eigenvalue weighted by atomic mass is 35.5. The van der Waals surface area contributed by atoms with Gasteiger partial charge in [-0.2, -0.15) is 0 Å². The maximum atomic E-state index is 12.5. The first-order valence-electron chi connectivity index (χ1n) is 9.96. The number of para-hydroxylation sites is 1. The van der Waals surface area contributed by atoms with E-state index in [1.807, 2.05) is 24.4 Å². The molecular weight excluding hydrogens is 451 g/mol. The Bertz CT molecular complexity index is 1230. The van der Waals surface area contributed by atoms with Gasteiger partial charge >= 0.3 is 0 Å². The number of fused-ring (bicyclic) bond motifs is 1. The molecular formula is C23H18Cl2N4OS. The minimum absolute atomic E-state index is 0.196. The lowest BCUT2D eigenvalue weighted by Crippen LogP contribution is -2.19. The smallest absolute Gasteiger partial charge is 0.264 e. The third-order valence-corrected chi connectivity index (χ3v) is 6.81. The van der Waals surface area contributed by atoms with E-state index in [4.69, 9.17) is 23.2 Å². The van der Waals surface area contributed by atoms with Crippen LogP contribution in [-0.4, -0.2) is 29.1 Å². The van der Waals surface area contributed by atoms with E-state index < -0.39 is 0 Å². The average Bonchev–Trinajstić information content (AvgIpc) is 3.41. The van der Waals surface area contributed by atoms with E-state index in [1.165, 1.54) is 30.3 Å². The number of anilines is 1. The van der Waals surface area contributed by atoms with Gasteiger partial charge in [-0.05, 0) is 66.6 Å². The van der Waals surface area contributed by atoms with Gasteiger partial charge < -0.3 is 10.2 Å². The third kappa shape index (κ3) is 4.15. The van der Waals surface area contributed by atoms with Crippen LogP contribution in [0.4, 0.5) is 11.4 Å². The molecule has 0 aliphatic carbocycles. The van der Waals surface area contributed by atoms with Gasteiger partial charge in [0.1, 0.15) is 5.69 Å². The Balaban J connectivity index is 1.47. The highest BCUT2D eigenvalue weighted by Gasteiger charge is 2.24. The van der Waals surface area contributed by atoms with Crippen LogP contribution in [0.2, 0.25) is 10.0 Å². The molecule has 8 heteroatoms. The van der Waals surface area contributed by atoms with Gasteiger partial charge in [-0.25, -0.2) is 4.99 Å². The summed E-state index contributed by atoms with van der Waals surface area (Å²) in [5.41, 5.74) is 3.53. The van der Waals surface area contributed by atoms with E-state index in [0.29, 0.717) is 25.8 Å². The maximum Gasteiger partial charge on any atom is 0.264 e. The summed E-state index contributed by atoms with van der Waals surface area (Å²) >= 11 is 13.7. The predicted octanol–water partition coefficient (Wildman–Crippen LogP) is 6.03. The van der Waals surface area contributed by atoms with Gasteiger partial charge in [0.15, 0.2) is 5.17 Å². The largest absolute Gasteiger partial charge is 0.371 e. The summed E-state index contributed by atoms with van der Waals surface area (Å²) in [5, 5.41) is 5.20. The number of thioether (sulfide) groups is 1. The molecule has 1 N–H and O–H groups in total. The monoisotopic (exact) mass is 468 g/mol. The molecule has 3 aromatic rings. The lowest BCUT2D eigenvalue weighted by atomic mass is 10.1. The Morgan fingerprint density at radius 2 is 1.87 bits per heavy atom. The fraction of sp³-hybridized carbons (Fsp3) is 0.174. The summed E-state index contributed by atoms with van der Waals surface area (Å²) in [7, 11) is 0. The van der Waals surface area contributed by atoms with Crippen LogP contribution in [0.5, 0.6) is 0 Å². The van der Waals surface area contributed by atoms with Gasteiger partial charge in [0.05, 0.1) is 20.5 Å². The summed E-state index contributed by atoms with van der Waals surface area (Å²) in [6.45, 7) is 2.13. The molecule has 5 nitrogen and oxygen atoms in total. The van der Waals surface area contributed by atoms with E-state index in [-0.39, 0.29) is 5.91 Å². The number of carbonyl (C=O) groups excluding carboxylic acids is 1. The predicted molar refractivity (Wildman–Crippen MR) is 130 cm³/mol. The Morgan fingerprint density at radius 1 is 1.10 bits per heavy atom. The van der Waals surface area contributed by atoms with Crippen molar-refractivity contribution in [2.24, 2.45) is 4.99 Å². The number of amidine groups is 1. The number of hydrogen-bond acceptors (Lipinski definition) is 5. The zero-order valence-corrected chi connectivity index (χ0v) is 18.8. The van der Waals surface area contributed by atoms with Crippen molar-refractivity contribution in [3.05, 3.63) is 69.2 Å². The second kappa shape index (κ2) is 8.54. The van der Waals surface area contributed by atoms with Crippen LogP contribution in [-0.2, 0) is 4.79 Å². The zero-order chi connectivity index (χ0) is 21.4. The molecule has 5 rings (SSSR count). The number of amides is 1. The van der Waals surface area contributed by atoms with Crippen molar-refractivity contribution in [1.82, 2.24) is 10.3 Å².